The number of nitrogens with one attached hydrogen (secondary N) is 2. The summed E-state index contributed by atoms with van der Waals surface area (Å²) < 4.78 is 53.9. The van der Waals surface area contributed by atoms with Gasteiger partial charge in [-0.1, -0.05) is 0 Å². The van der Waals surface area contributed by atoms with Crippen LogP contribution in [0.1, 0.15) is 31.5 Å². The molecule has 1 aliphatic carbocycles. The predicted octanol–water partition coefficient (Wildman–Crippen LogP) is 3.52. The van der Waals surface area contributed by atoms with Crippen LogP contribution in [0, 0.1) is 18.3 Å². The zero-order valence-electron chi connectivity index (χ0n) is 14.8. The average molecular weight is 383 g/mol. The fourth-order valence-electron chi connectivity index (χ4n) is 2.29. The van der Waals surface area contributed by atoms with Crippen molar-refractivity contribution in [3.63, 3.8) is 0 Å². The van der Waals surface area contributed by atoms with E-state index < -0.39 is 35.3 Å². The summed E-state index contributed by atoms with van der Waals surface area (Å²) in [6.45, 7) is 5.01. The van der Waals surface area contributed by atoms with Crippen molar-refractivity contribution in [3.8, 4) is 6.07 Å². The predicted molar refractivity (Wildman–Crippen MR) is 89.1 cm³/mol. The molecule has 2 N–H and O–H groups in total. The molecule has 11 heteroatoms. The number of anilines is 3. The first-order valence-corrected chi connectivity index (χ1v) is 8.11. The molecule has 0 amide bonds. The maximum Gasteiger partial charge on any atom is 0.421 e. The van der Waals surface area contributed by atoms with Gasteiger partial charge < -0.3 is 10.6 Å². The van der Waals surface area contributed by atoms with Gasteiger partial charge in [0.1, 0.15) is 23.1 Å². The van der Waals surface area contributed by atoms with Gasteiger partial charge in [-0.05, 0) is 20.8 Å². The van der Waals surface area contributed by atoms with E-state index in [1.165, 1.54) is 4.68 Å². The zero-order valence-corrected chi connectivity index (χ0v) is 14.8. The molecule has 7 nitrogen and oxygen atoms in total. The van der Waals surface area contributed by atoms with Gasteiger partial charge in [-0.2, -0.15) is 28.5 Å². The average Bonchev–Trinajstić information content (AvgIpc) is 3.13. The number of alkyl halides is 4. The van der Waals surface area contributed by atoms with E-state index in [1.807, 2.05) is 0 Å². The van der Waals surface area contributed by atoms with Crippen LogP contribution in [0.5, 0.6) is 0 Å². The van der Waals surface area contributed by atoms with Crippen LogP contribution in [0.3, 0.4) is 0 Å². The summed E-state index contributed by atoms with van der Waals surface area (Å²) in [5, 5.41) is 18.7. The molecule has 2 unspecified atom stereocenters. The molecule has 144 valence electrons. The Kier molecular flexibility index (Phi) is 4.45. The molecule has 1 aliphatic rings. The lowest BCUT2D eigenvalue weighted by atomic mass is 10.1. The Labute approximate surface area is 152 Å². The Morgan fingerprint density at radius 2 is 2.00 bits per heavy atom. The van der Waals surface area contributed by atoms with Crippen molar-refractivity contribution in [1.82, 2.24) is 19.7 Å². The minimum absolute atomic E-state index is 0.0982. The number of nitriles is 1. The number of aromatic nitrogens is 4. The van der Waals surface area contributed by atoms with Crippen LogP contribution in [-0.2, 0) is 11.7 Å². The molecule has 1 fully saturated rings. The first kappa shape index (κ1) is 18.9. The Morgan fingerprint density at radius 1 is 1.33 bits per heavy atom. The molecule has 3 rings (SSSR count). The lowest BCUT2D eigenvalue weighted by molar-refractivity contribution is -0.137. The highest BCUT2D eigenvalue weighted by atomic mass is 19.4. The van der Waals surface area contributed by atoms with Crippen molar-refractivity contribution in [2.75, 3.05) is 10.6 Å². The third-order valence-electron chi connectivity index (χ3n) is 4.12. The molecule has 2 heterocycles. The van der Waals surface area contributed by atoms with E-state index >= 15 is 0 Å². The van der Waals surface area contributed by atoms with Crippen molar-refractivity contribution in [3.05, 3.63) is 23.7 Å². The van der Waals surface area contributed by atoms with Gasteiger partial charge in [0.25, 0.3) is 0 Å². The molecule has 0 spiro atoms. The monoisotopic (exact) mass is 383 g/mol. The van der Waals surface area contributed by atoms with Gasteiger partial charge >= 0.3 is 6.18 Å². The summed E-state index contributed by atoms with van der Waals surface area (Å²) in [7, 11) is 0. The van der Waals surface area contributed by atoms with E-state index in [-0.39, 0.29) is 12.4 Å². The smallest absolute Gasteiger partial charge is 0.364 e. The molecule has 1 saturated carbocycles. The van der Waals surface area contributed by atoms with Gasteiger partial charge in [0.2, 0.25) is 5.95 Å². The molecular formula is C16H17F4N7. The molecule has 2 atom stereocenters. The third-order valence-corrected chi connectivity index (χ3v) is 4.12. The van der Waals surface area contributed by atoms with Gasteiger partial charge in [-0.15, -0.1) is 0 Å². The van der Waals surface area contributed by atoms with Gasteiger partial charge in [0, 0.05) is 12.6 Å². The lowest BCUT2D eigenvalue weighted by Gasteiger charge is -2.15. The summed E-state index contributed by atoms with van der Waals surface area (Å²) >= 11 is 0. The highest BCUT2D eigenvalue weighted by Crippen LogP contribution is 2.37. The Balaban J connectivity index is 1.90. The lowest BCUT2D eigenvalue weighted by Crippen LogP contribution is -2.24. The van der Waals surface area contributed by atoms with Crippen molar-refractivity contribution in [2.24, 2.45) is 0 Å². The van der Waals surface area contributed by atoms with Crippen LogP contribution < -0.4 is 10.6 Å². The number of halogens is 4. The van der Waals surface area contributed by atoms with Gasteiger partial charge in [-0.3, -0.25) is 4.68 Å². The number of hydrogen-bond donors (Lipinski definition) is 2. The highest BCUT2D eigenvalue weighted by molar-refractivity contribution is 5.58. The maximum absolute atomic E-state index is 13.1. The second kappa shape index (κ2) is 6.37. The molecule has 0 bridgehead atoms. The Bertz CT molecular complexity index is 897. The summed E-state index contributed by atoms with van der Waals surface area (Å²) in [6, 6.07) is 1.41. The number of rotatable bonds is 5. The van der Waals surface area contributed by atoms with Crippen LogP contribution >= 0.6 is 0 Å². The van der Waals surface area contributed by atoms with E-state index in [9.17, 15) is 22.8 Å². The van der Waals surface area contributed by atoms with Crippen LogP contribution in [0.2, 0.25) is 0 Å². The molecule has 0 aliphatic heterocycles. The molecule has 2 aromatic rings. The van der Waals surface area contributed by atoms with Crippen molar-refractivity contribution < 1.29 is 17.6 Å². The van der Waals surface area contributed by atoms with Gasteiger partial charge in [-0.25, -0.2) is 9.37 Å². The topological polar surface area (TPSA) is 91.5 Å². The normalized spacial score (nSPS) is 19.5. The van der Waals surface area contributed by atoms with Crippen molar-refractivity contribution in [1.29, 1.82) is 5.26 Å². The fourth-order valence-corrected chi connectivity index (χ4v) is 2.29. The molecule has 2 aromatic heterocycles. The summed E-state index contributed by atoms with van der Waals surface area (Å²) in [6.07, 6.45) is -3.53. The molecule has 0 aromatic carbocycles. The van der Waals surface area contributed by atoms with Crippen LogP contribution in [0.15, 0.2) is 12.4 Å². The van der Waals surface area contributed by atoms with Crippen LogP contribution in [-0.4, -0.2) is 32.0 Å². The van der Waals surface area contributed by atoms with E-state index in [2.05, 4.69) is 31.8 Å². The number of nitrogens with zero attached hydrogens (tertiary/aromatic N) is 5. The zero-order chi connectivity index (χ0) is 20.0. The first-order valence-electron chi connectivity index (χ1n) is 8.11. The van der Waals surface area contributed by atoms with E-state index in [0.29, 0.717) is 17.6 Å². The number of aryl methyl sites for hydroxylation is 1. The SMILES string of the molecule is Cc1nn(C(C)(C)C#N)cc1Nc1ncc(C(F)(F)F)c(NC2CC2F)n1. The second-order valence-electron chi connectivity index (χ2n) is 6.82. The summed E-state index contributed by atoms with van der Waals surface area (Å²) in [5.74, 6) is -0.577. The molecule has 27 heavy (non-hydrogen) atoms. The fraction of sp³-hybridized carbons (Fsp3) is 0.500. The Morgan fingerprint density at radius 3 is 2.56 bits per heavy atom. The minimum atomic E-state index is -4.67. The maximum atomic E-state index is 13.1. The number of hydrogen-bond acceptors (Lipinski definition) is 6. The first-order chi connectivity index (χ1) is 12.5. The van der Waals surface area contributed by atoms with Gasteiger partial charge in [0.05, 0.1) is 29.7 Å². The minimum Gasteiger partial charge on any atom is -0.364 e. The Hall–Kier alpha value is -2.90. The van der Waals surface area contributed by atoms with E-state index in [0.717, 1.165) is 0 Å². The van der Waals surface area contributed by atoms with E-state index in [1.54, 1.807) is 27.0 Å². The summed E-state index contributed by atoms with van der Waals surface area (Å²) in [4.78, 5) is 7.56. The van der Waals surface area contributed by atoms with Crippen LogP contribution in [0.25, 0.3) is 0 Å². The third kappa shape index (κ3) is 3.94. The quantitative estimate of drug-likeness (QED) is 0.768. The summed E-state index contributed by atoms with van der Waals surface area (Å²) in [5.41, 5.74) is -1.01. The van der Waals surface area contributed by atoms with Crippen molar-refractivity contribution >= 4 is 17.5 Å². The molecule has 0 radical (unpaired) electrons. The highest BCUT2D eigenvalue weighted by Gasteiger charge is 2.41. The largest absolute Gasteiger partial charge is 0.421 e. The van der Waals surface area contributed by atoms with E-state index in [4.69, 9.17) is 0 Å². The van der Waals surface area contributed by atoms with Crippen LogP contribution in [0.4, 0.5) is 35.0 Å². The second-order valence-corrected chi connectivity index (χ2v) is 6.82. The van der Waals surface area contributed by atoms with Crippen molar-refractivity contribution in [2.45, 2.75) is 51.1 Å². The standard InChI is InChI=1S/C16H17F4N7/c1-8-12(6-27(26-8)15(2,3)7-21)24-14-22-5-9(16(18,19)20)13(25-14)23-11-4-10(11)17/h5-6,10-11H,4H2,1-3H3,(H2,22,23,24,25). The molecular weight excluding hydrogens is 366 g/mol. The molecule has 0 saturated heterocycles. The van der Waals surface area contributed by atoms with Gasteiger partial charge in [0.15, 0.2) is 0 Å².